The zero-order valence-corrected chi connectivity index (χ0v) is 8.21. The summed E-state index contributed by atoms with van der Waals surface area (Å²) >= 11 is 5.73. The fourth-order valence-electron chi connectivity index (χ4n) is 1.07. The summed E-state index contributed by atoms with van der Waals surface area (Å²) in [4.78, 5) is 18.4. The van der Waals surface area contributed by atoms with E-state index >= 15 is 0 Å². The molecule has 0 aliphatic rings. The first-order valence-corrected chi connectivity index (χ1v) is 4.62. The molecule has 0 aromatic carbocycles. The zero-order valence-electron chi connectivity index (χ0n) is 7.46. The summed E-state index contributed by atoms with van der Waals surface area (Å²) < 4.78 is 0. The fraction of sp³-hybridized carbons (Fsp3) is 0.444. The molecule has 0 saturated carbocycles. The van der Waals surface area contributed by atoms with Crippen molar-refractivity contribution >= 4 is 17.9 Å². The molecule has 1 heterocycles. The Morgan fingerprint density at radius 3 is 2.92 bits per heavy atom. The van der Waals surface area contributed by atoms with Crippen LogP contribution in [0.4, 0.5) is 0 Å². The Bertz CT molecular complexity index is 302. The van der Waals surface area contributed by atoms with Gasteiger partial charge in [0.15, 0.2) is 6.29 Å². The lowest BCUT2D eigenvalue weighted by atomic mass is 10.1. The van der Waals surface area contributed by atoms with Crippen molar-refractivity contribution in [3.8, 4) is 0 Å². The third-order valence-electron chi connectivity index (χ3n) is 1.80. The highest BCUT2D eigenvalue weighted by atomic mass is 35.5. The van der Waals surface area contributed by atoms with Crippen LogP contribution >= 0.6 is 11.6 Å². The summed E-state index contributed by atoms with van der Waals surface area (Å²) in [6, 6.07) is 0. The molecule has 0 spiro atoms. The highest BCUT2D eigenvalue weighted by Gasteiger charge is 2.07. The molecule has 0 atom stereocenters. The molecule has 0 fully saturated rings. The number of unbranched alkanes of at least 4 members (excludes halogenated alkanes) is 1. The van der Waals surface area contributed by atoms with Crippen molar-refractivity contribution in [2.75, 3.05) is 0 Å². The van der Waals surface area contributed by atoms with E-state index in [4.69, 9.17) is 11.6 Å². The molecule has 1 aromatic rings. The van der Waals surface area contributed by atoms with Crippen LogP contribution in [0.1, 0.15) is 35.8 Å². The molecule has 4 heteroatoms. The Labute approximate surface area is 82.2 Å². The van der Waals surface area contributed by atoms with Gasteiger partial charge in [0.1, 0.15) is 11.5 Å². The lowest BCUT2D eigenvalue weighted by molar-refractivity contribution is 0.112. The molecule has 0 bridgehead atoms. The third kappa shape index (κ3) is 2.49. The van der Waals surface area contributed by atoms with Gasteiger partial charge in [0.2, 0.25) is 0 Å². The summed E-state index contributed by atoms with van der Waals surface area (Å²) in [5.41, 5.74) is 1.18. The van der Waals surface area contributed by atoms with E-state index in [0.29, 0.717) is 11.8 Å². The number of hydrogen-bond donors (Lipinski definition) is 0. The van der Waals surface area contributed by atoms with Crippen LogP contribution in [0.3, 0.4) is 0 Å². The minimum absolute atomic E-state index is 0.246. The molecule has 0 saturated heterocycles. The lowest BCUT2D eigenvalue weighted by Crippen LogP contribution is -1.99. The molecule has 0 amide bonds. The quantitative estimate of drug-likeness (QED) is 0.551. The predicted molar refractivity (Wildman–Crippen MR) is 51.0 cm³/mol. The number of aromatic nitrogens is 2. The van der Waals surface area contributed by atoms with Crippen molar-refractivity contribution in [1.82, 2.24) is 9.97 Å². The summed E-state index contributed by atoms with van der Waals surface area (Å²) in [5, 5.41) is 0.246. The molecule has 70 valence electrons. The molecule has 1 rings (SSSR count). The predicted octanol–water partition coefficient (Wildman–Crippen LogP) is 2.29. The maximum Gasteiger partial charge on any atom is 0.155 e. The second-order valence-electron chi connectivity index (χ2n) is 2.75. The smallest absolute Gasteiger partial charge is 0.155 e. The van der Waals surface area contributed by atoms with Crippen molar-refractivity contribution in [1.29, 1.82) is 0 Å². The molecular formula is C9H11ClN2O. The largest absolute Gasteiger partial charge is 0.298 e. The van der Waals surface area contributed by atoms with E-state index in [0.717, 1.165) is 25.0 Å². The van der Waals surface area contributed by atoms with E-state index in [1.165, 1.54) is 6.33 Å². The topological polar surface area (TPSA) is 42.9 Å². The van der Waals surface area contributed by atoms with Crippen LogP contribution in [0.2, 0.25) is 5.15 Å². The van der Waals surface area contributed by atoms with E-state index in [2.05, 4.69) is 16.9 Å². The van der Waals surface area contributed by atoms with Gasteiger partial charge in [-0.3, -0.25) is 4.79 Å². The highest BCUT2D eigenvalue weighted by Crippen LogP contribution is 2.14. The van der Waals surface area contributed by atoms with E-state index < -0.39 is 0 Å². The van der Waals surface area contributed by atoms with E-state index in [1.54, 1.807) is 0 Å². The Morgan fingerprint density at radius 2 is 2.31 bits per heavy atom. The van der Waals surface area contributed by atoms with Crippen LogP contribution in [0.5, 0.6) is 0 Å². The average Bonchev–Trinajstić information content (AvgIpc) is 2.15. The summed E-state index contributed by atoms with van der Waals surface area (Å²) in [6.07, 6.45) is 4.97. The lowest BCUT2D eigenvalue weighted by Gasteiger charge is -2.02. The second-order valence-corrected chi connectivity index (χ2v) is 3.10. The van der Waals surface area contributed by atoms with E-state index in [9.17, 15) is 4.79 Å². The zero-order chi connectivity index (χ0) is 9.68. The minimum atomic E-state index is 0.246. The van der Waals surface area contributed by atoms with E-state index in [1.807, 2.05) is 0 Å². The molecule has 3 nitrogen and oxygen atoms in total. The van der Waals surface area contributed by atoms with Crippen LogP contribution < -0.4 is 0 Å². The molecule has 0 aliphatic carbocycles. The first-order valence-electron chi connectivity index (χ1n) is 4.24. The Morgan fingerprint density at radius 1 is 1.54 bits per heavy atom. The average molecular weight is 199 g/mol. The monoisotopic (exact) mass is 198 g/mol. The first-order chi connectivity index (χ1) is 6.29. The van der Waals surface area contributed by atoms with Crippen LogP contribution in [0, 0.1) is 0 Å². The standard InChI is InChI=1S/C9H11ClN2O/c1-2-3-4-8-7(5-13)9(10)12-6-11-8/h5-6H,2-4H2,1H3. The Hall–Kier alpha value is -0.960. The molecule has 1 aromatic heterocycles. The van der Waals surface area contributed by atoms with Gasteiger partial charge >= 0.3 is 0 Å². The van der Waals surface area contributed by atoms with Crippen LogP contribution in [0.25, 0.3) is 0 Å². The number of nitrogens with zero attached hydrogens (tertiary/aromatic N) is 2. The summed E-state index contributed by atoms with van der Waals surface area (Å²) in [7, 11) is 0. The SMILES string of the molecule is CCCCc1ncnc(Cl)c1C=O. The number of halogens is 1. The number of hydrogen-bond acceptors (Lipinski definition) is 3. The number of aldehydes is 1. The van der Waals surface area contributed by atoms with Crippen LogP contribution in [-0.2, 0) is 6.42 Å². The van der Waals surface area contributed by atoms with Crippen LogP contribution in [0.15, 0.2) is 6.33 Å². The van der Waals surface area contributed by atoms with Gasteiger partial charge in [0, 0.05) is 0 Å². The van der Waals surface area contributed by atoms with Gasteiger partial charge in [-0.05, 0) is 12.8 Å². The van der Waals surface area contributed by atoms with Gasteiger partial charge in [-0.25, -0.2) is 9.97 Å². The number of rotatable bonds is 4. The maximum absolute atomic E-state index is 10.6. The Kier molecular flexibility index (Phi) is 3.83. The summed E-state index contributed by atoms with van der Waals surface area (Å²) in [6.45, 7) is 2.09. The second kappa shape index (κ2) is 4.92. The van der Waals surface area contributed by atoms with Crippen molar-refractivity contribution in [3.63, 3.8) is 0 Å². The minimum Gasteiger partial charge on any atom is -0.298 e. The van der Waals surface area contributed by atoms with Crippen LogP contribution in [-0.4, -0.2) is 16.3 Å². The number of carbonyl (C=O) groups is 1. The first kappa shape index (κ1) is 10.1. The fourth-order valence-corrected chi connectivity index (χ4v) is 1.26. The Balaban J connectivity index is 2.91. The summed E-state index contributed by atoms with van der Waals surface area (Å²) in [5.74, 6) is 0. The molecule has 0 unspecified atom stereocenters. The molecule has 0 radical (unpaired) electrons. The van der Waals surface area contributed by atoms with Gasteiger partial charge in [-0.2, -0.15) is 0 Å². The number of aryl methyl sites for hydroxylation is 1. The van der Waals surface area contributed by atoms with Gasteiger partial charge in [0.25, 0.3) is 0 Å². The molecule has 0 aliphatic heterocycles. The van der Waals surface area contributed by atoms with E-state index in [-0.39, 0.29) is 5.15 Å². The van der Waals surface area contributed by atoms with Crippen molar-refractivity contribution in [3.05, 3.63) is 22.7 Å². The van der Waals surface area contributed by atoms with Gasteiger partial charge in [-0.15, -0.1) is 0 Å². The van der Waals surface area contributed by atoms with Gasteiger partial charge in [0.05, 0.1) is 11.3 Å². The number of carbonyl (C=O) groups excluding carboxylic acids is 1. The molecule has 13 heavy (non-hydrogen) atoms. The van der Waals surface area contributed by atoms with Crippen molar-refractivity contribution in [2.24, 2.45) is 0 Å². The van der Waals surface area contributed by atoms with Gasteiger partial charge in [-0.1, -0.05) is 24.9 Å². The van der Waals surface area contributed by atoms with Crippen molar-refractivity contribution < 1.29 is 4.79 Å². The maximum atomic E-state index is 10.6. The third-order valence-corrected chi connectivity index (χ3v) is 2.10. The van der Waals surface area contributed by atoms with Gasteiger partial charge < -0.3 is 0 Å². The normalized spacial score (nSPS) is 10.0. The van der Waals surface area contributed by atoms with Crippen molar-refractivity contribution in [2.45, 2.75) is 26.2 Å². The molecular weight excluding hydrogens is 188 g/mol. The highest BCUT2D eigenvalue weighted by molar-refractivity contribution is 6.31. The molecule has 0 N–H and O–H groups in total.